The molecule has 1 fully saturated rings. The van der Waals surface area contributed by atoms with Crippen molar-refractivity contribution in [3.8, 4) is 11.5 Å². The largest absolute Gasteiger partial charge is 0.419 e. The minimum Gasteiger partial charge on any atom is -0.419 e. The van der Waals surface area contributed by atoms with E-state index in [4.69, 9.17) is 9.15 Å². The molecule has 0 aliphatic carbocycles. The van der Waals surface area contributed by atoms with Gasteiger partial charge in [-0.3, -0.25) is 4.90 Å². The van der Waals surface area contributed by atoms with Gasteiger partial charge in [-0.05, 0) is 36.4 Å². The van der Waals surface area contributed by atoms with E-state index in [2.05, 4.69) is 31.1 Å². The molecule has 9 heteroatoms. The SMILES string of the molecule is O=S(=O)(c1ccccc1)c1nc(-c2ccc(Br)cc2)oc1NCCN1CCOCC1. The van der Waals surface area contributed by atoms with Gasteiger partial charge in [0.1, 0.15) is 0 Å². The summed E-state index contributed by atoms with van der Waals surface area (Å²) in [5, 5.41) is 3.03. The number of ether oxygens (including phenoxy) is 1. The lowest BCUT2D eigenvalue weighted by Gasteiger charge is -2.26. The number of halogens is 1. The van der Waals surface area contributed by atoms with Crippen molar-refractivity contribution in [2.45, 2.75) is 9.92 Å². The van der Waals surface area contributed by atoms with Crippen LogP contribution in [-0.2, 0) is 14.6 Å². The van der Waals surface area contributed by atoms with Crippen molar-refractivity contribution in [2.75, 3.05) is 44.7 Å². The number of oxazole rings is 1. The molecule has 0 radical (unpaired) electrons. The lowest BCUT2D eigenvalue weighted by Crippen LogP contribution is -2.39. The summed E-state index contributed by atoms with van der Waals surface area (Å²) in [4.78, 5) is 6.79. The highest BCUT2D eigenvalue weighted by atomic mass is 79.9. The Morgan fingerprint density at radius 2 is 1.73 bits per heavy atom. The Morgan fingerprint density at radius 1 is 1.03 bits per heavy atom. The minimum absolute atomic E-state index is 0.103. The highest BCUT2D eigenvalue weighted by Gasteiger charge is 2.28. The molecule has 4 rings (SSSR count). The van der Waals surface area contributed by atoms with Gasteiger partial charge in [0.25, 0.3) is 0 Å². The molecule has 1 saturated heterocycles. The molecule has 1 aliphatic heterocycles. The Bertz CT molecular complexity index is 1080. The van der Waals surface area contributed by atoms with Crippen LogP contribution < -0.4 is 5.32 Å². The fourth-order valence-electron chi connectivity index (χ4n) is 3.18. The van der Waals surface area contributed by atoms with Crippen molar-refractivity contribution in [1.82, 2.24) is 9.88 Å². The topological polar surface area (TPSA) is 84.7 Å². The van der Waals surface area contributed by atoms with Crippen LogP contribution in [0.1, 0.15) is 0 Å². The van der Waals surface area contributed by atoms with Crippen molar-refractivity contribution >= 4 is 31.7 Å². The summed E-state index contributed by atoms with van der Waals surface area (Å²) in [6.45, 7) is 4.43. The molecule has 2 heterocycles. The summed E-state index contributed by atoms with van der Waals surface area (Å²) in [6, 6.07) is 15.6. The highest BCUT2D eigenvalue weighted by molar-refractivity contribution is 9.10. The second-order valence-corrected chi connectivity index (χ2v) is 9.64. The average Bonchev–Trinajstić information content (AvgIpc) is 3.21. The highest BCUT2D eigenvalue weighted by Crippen LogP contribution is 2.32. The Morgan fingerprint density at radius 3 is 2.43 bits per heavy atom. The molecule has 0 spiro atoms. The Kier molecular flexibility index (Phi) is 6.52. The van der Waals surface area contributed by atoms with Gasteiger partial charge in [0.15, 0.2) is 0 Å². The third-order valence-corrected chi connectivity index (χ3v) is 7.02. The van der Waals surface area contributed by atoms with E-state index in [9.17, 15) is 8.42 Å². The molecule has 1 aromatic heterocycles. The molecule has 3 aromatic rings. The van der Waals surface area contributed by atoms with E-state index in [1.165, 1.54) is 0 Å². The predicted molar refractivity (Wildman–Crippen MR) is 117 cm³/mol. The smallest absolute Gasteiger partial charge is 0.233 e. The third-order valence-electron chi connectivity index (χ3n) is 4.81. The summed E-state index contributed by atoms with van der Waals surface area (Å²) in [5.41, 5.74) is 0.698. The van der Waals surface area contributed by atoms with Gasteiger partial charge in [0.05, 0.1) is 18.1 Å². The molecule has 0 saturated carbocycles. The van der Waals surface area contributed by atoms with E-state index < -0.39 is 9.84 Å². The summed E-state index contributed by atoms with van der Waals surface area (Å²) in [6.07, 6.45) is 0. The van der Waals surface area contributed by atoms with E-state index in [0.29, 0.717) is 25.3 Å². The molecule has 0 amide bonds. The fraction of sp³-hybridized carbons (Fsp3) is 0.286. The van der Waals surface area contributed by atoms with Gasteiger partial charge in [-0.15, -0.1) is 0 Å². The molecule has 1 aliphatic rings. The molecule has 2 aromatic carbocycles. The summed E-state index contributed by atoms with van der Waals surface area (Å²) < 4.78 is 38.6. The number of benzene rings is 2. The molecular weight excluding hydrogens is 470 g/mol. The van der Waals surface area contributed by atoms with Crippen LogP contribution in [0.15, 0.2) is 73.4 Å². The Labute approximate surface area is 184 Å². The number of nitrogens with one attached hydrogen (secondary N) is 1. The van der Waals surface area contributed by atoms with E-state index in [0.717, 1.165) is 24.1 Å². The van der Waals surface area contributed by atoms with E-state index >= 15 is 0 Å². The van der Waals surface area contributed by atoms with Crippen LogP contribution in [-0.4, -0.2) is 57.7 Å². The van der Waals surface area contributed by atoms with E-state index in [1.54, 1.807) is 30.3 Å². The molecule has 7 nitrogen and oxygen atoms in total. The monoisotopic (exact) mass is 491 g/mol. The van der Waals surface area contributed by atoms with Crippen LogP contribution >= 0.6 is 15.9 Å². The second kappa shape index (κ2) is 9.30. The Balaban J connectivity index is 1.63. The maximum absolute atomic E-state index is 13.2. The standard InChI is InChI=1S/C21H22BrN3O4S/c22-17-8-6-16(7-9-17)19-24-21(30(26,27)18-4-2-1-3-5-18)20(29-19)23-10-11-25-12-14-28-15-13-25/h1-9,23H,10-15H2. The maximum Gasteiger partial charge on any atom is 0.233 e. The van der Waals surface area contributed by atoms with Crippen molar-refractivity contribution < 1.29 is 17.6 Å². The lowest BCUT2D eigenvalue weighted by atomic mass is 10.2. The van der Waals surface area contributed by atoms with Gasteiger partial charge in [-0.2, -0.15) is 4.98 Å². The molecule has 30 heavy (non-hydrogen) atoms. The van der Waals surface area contributed by atoms with E-state index in [1.807, 2.05) is 24.3 Å². The first-order chi connectivity index (χ1) is 14.5. The molecular formula is C21H22BrN3O4S. The molecule has 1 N–H and O–H groups in total. The number of aromatic nitrogens is 1. The lowest BCUT2D eigenvalue weighted by molar-refractivity contribution is 0.0398. The van der Waals surface area contributed by atoms with Crippen LogP contribution in [0.25, 0.3) is 11.5 Å². The zero-order valence-electron chi connectivity index (χ0n) is 16.3. The predicted octanol–water partition coefficient (Wildman–Crippen LogP) is 3.68. The number of morpholine rings is 1. The van der Waals surface area contributed by atoms with Gasteiger partial charge >= 0.3 is 0 Å². The summed E-state index contributed by atoms with van der Waals surface area (Å²) in [5.74, 6) is 0.413. The van der Waals surface area contributed by atoms with Gasteiger partial charge in [-0.1, -0.05) is 34.1 Å². The first kappa shape index (κ1) is 21.0. The number of anilines is 1. The van der Waals surface area contributed by atoms with Gasteiger partial charge in [0.2, 0.25) is 26.6 Å². The zero-order valence-corrected chi connectivity index (χ0v) is 18.7. The van der Waals surface area contributed by atoms with Crippen molar-refractivity contribution in [1.29, 1.82) is 0 Å². The zero-order chi connectivity index (χ0) is 21.0. The Hall–Kier alpha value is -2.20. The average molecular weight is 492 g/mol. The number of hydrogen-bond acceptors (Lipinski definition) is 7. The van der Waals surface area contributed by atoms with E-state index in [-0.39, 0.29) is 21.7 Å². The summed E-state index contributed by atoms with van der Waals surface area (Å²) >= 11 is 3.40. The van der Waals surface area contributed by atoms with Crippen molar-refractivity contribution in [2.24, 2.45) is 0 Å². The van der Waals surface area contributed by atoms with Crippen LogP contribution in [0, 0.1) is 0 Å². The quantitative estimate of drug-likeness (QED) is 0.539. The third kappa shape index (κ3) is 4.75. The molecule has 0 atom stereocenters. The molecule has 0 unspecified atom stereocenters. The minimum atomic E-state index is -3.83. The second-order valence-electron chi connectivity index (χ2n) is 6.86. The van der Waals surface area contributed by atoms with Gasteiger partial charge in [-0.25, -0.2) is 8.42 Å². The summed E-state index contributed by atoms with van der Waals surface area (Å²) in [7, 11) is -3.83. The van der Waals surface area contributed by atoms with Gasteiger partial charge < -0.3 is 14.5 Å². The normalized spacial score (nSPS) is 15.2. The molecule has 0 bridgehead atoms. The van der Waals surface area contributed by atoms with Crippen molar-refractivity contribution in [3.05, 3.63) is 59.1 Å². The maximum atomic E-state index is 13.2. The fourth-order valence-corrected chi connectivity index (χ4v) is 4.74. The van der Waals surface area contributed by atoms with Crippen molar-refractivity contribution in [3.63, 3.8) is 0 Å². The van der Waals surface area contributed by atoms with Crippen LogP contribution in [0.2, 0.25) is 0 Å². The number of hydrogen-bond donors (Lipinski definition) is 1. The first-order valence-corrected chi connectivity index (χ1v) is 11.9. The van der Waals surface area contributed by atoms with Gasteiger partial charge in [0, 0.05) is 36.2 Å². The first-order valence-electron chi connectivity index (χ1n) is 9.65. The number of nitrogens with zero attached hydrogens (tertiary/aromatic N) is 2. The molecule has 158 valence electrons. The van der Waals surface area contributed by atoms with Crippen LogP contribution in [0.3, 0.4) is 0 Å². The number of sulfone groups is 1. The van der Waals surface area contributed by atoms with Crippen LogP contribution in [0.5, 0.6) is 0 Å². The number of rotatable bonds is 7. The van der Waals surface area contributed by atoms with Crippen LogP contribution in [0.4, 0.5) is 5.88 Å².